The maximum atomic E-state index is 12.2. The zero-order valence-electron chi connectivity index (χ0n) is 11.2. The Hall–Kier alpha value is -0.710. The van der Waals surface area contributed by atoms with Gasteiger partial charge in [-0.3, -0.25) is 9.69 Å². The fourth-order valence-electron chi connectivity index (χ4n) is 2.55. The quantitative estimate of drug-likeness (QED) is 0.865. The number of likely N-dealkylation sites (tertiary alicyclic amines) is 1. The molecule has 2 rings (SSSR count). The number of carbonyl (C=O) groups is 1. The van der Waals surface area contributed by atoms with Crippen LogP contribution in [0, 0.1) is 5.92 Å². The molecule has 1 aromatic carbocycles. The summed E-state index contributed by atoms with van der Waals surface area (Å²) in [6, 6.07) is 7.53. The third-order valence-corrected chi connectivity index (χ3v) is 4.32. The summed E-state index contributed by atoms with van der Waals surface area (Å²) in [6.07, 6.45) is 1.72. The molecule has 0 bridgehead atoms. The number of piperidine rings is 1. The molecule has 0 aliphatic carbocycles. The second-order valence-electron chi connectivity index (χ2n) is 5.29. The van der Waals surface area contributed by atoms with E-state index < -0.39 is 0 Å². The van der Waals surface area contributed by atoms with Crippen LogP contribution in [-0.2, 0) is 0 Å². The molecular formula is C15H20BrNO2. The highest BCUT2D eigenvalue weighted by Gasteiger charge is 2.23. The van der Waals surface area contributed by atoms with E-state index >= 15 is 0 Å². The van der Waals surface area contributed by atoms with Gasteiger partial charge in [0.2, 0.25) is 0 Å². The number of hydrogen-bond donors (Lipinski definition) is 1. The highest BCUT2D eigenvalue weighted by atomic mass is 79.9. The smallest absolute Gasteiger partial charge is 0.176 e. The Kier molecular flexibility index (Phi) is 5.13. The predicted octanol–water partition coefficient (Wildman–Crippen LogP) is 2.72. The molecule has 0 amide bonds. The largest absolute Gasteiger partial charge is 0.393 e. The summed E-state index contributed by atoms with van der Waals surface area (Å²) in [6.45, 7) is 4.13. The first-order chi connectivity index (χ1) is 9.06. The Morgan fingerprint density at radius 3 is 2.74 bits per heavy atom. The average Bonchev–Trinajstić information content (AvgIpc) is 2.39. The van der Waals surface area contributed by atoms with Crippen LogP contribution in [0.3, 0.4) is 0 Å². The van der Waals surface area contributed by atoms with Crippen LogP contribution in [0.2, 0.25) is 0 Å². The summed E-state index contributed by atoms with van der Waals surface area (Å²) < 4.78 is 0.936. The van der Waals surface area contributed by atoms with Crippen LogP contribution < -0.4 is 0 Å². The van der Waals surface area contributed by atoms with Gasteiger partial charge in [0.1, 0.15) is 0 Å². The van der Waals surface area contributed by atoms with E-state index in [1.165, 1.54) is 0 Å². The number of aliphatic hydroxyl groups is 1. The van der Waals surface area contributed by atoms with Gasteiger partial charge in [0.15, 0.2) is 5.78 Å². The molecule has 1 aromatic rings. The van der Waals surface area contributed by atoms with Crippen LogP contribution in [0.25, 0.3) is 0 Å². The topological polar surface area (TPSA) is 40.5 Å². The monoisotopic (exact) mass is 325 g/mol. The van der Waals surface area contributed by atoms with E-state index in [1.54, 1.807) is 0 Å². The lowest BCUT2D eigenvalue weighted by Crippen LogP contribution is -2.39. The molecule has 0 saturated carbocycles. The number of nitrogens with zero attached hydrogens (tertiary/aromatic N) is 1. The minimum atomic E-state index is -0.233. The maximum absolute atomic E-state index is 12.2. The van der Waals surface area contributed by atoms with E-state index in [-0.39, 0.29) is 11.9 Å². The first-order valence-corrected chi connectivity index (χ1v) is 7.55. The second kappa shape index (κ2) is 6.64. The Bertz CT molecular complexity index is 440. The molecule has 0 radical (unpaired) electrons. The summed E-state index contributed by atoms with van der Waals surface area (Å²) in [5.41, 5.74) is 0.757. The van der Waals surface area contributed by atoms with Gasteiger partial charge in [0.25, 0.3) is 0 Å². The van der Waals surface area contributed by atoms with E-state index in [4.69, 9.17) is 0 Å². The fourth-order valence-corrected chi connectivity index (χ4v) is 2.95. The molecule has 1 atom stereocenters. The van der Waals surface area contributed by atoms with Gasteiger partial charge in [0, 0.05) is 10.0 Å². The second-order valence-corrected chi connectivity index (χ2v) is 6.20. The van der Waals surface area contributed by atoms with Crippen LogP contribution >= 0.6 is 15.9 Å². The van der Waals surface area contributed by atoms with Crippen molar-refractivity contribution in [2.24, 2.45) is 5.92 Å². The molecule has 1 aliphatic rings. The maximum Gasteiger partial charge on any atom is 0.176 e. The first kappa shape index (κ1) is 14.7. The molecule has 0 spiro atoms. The van der Waals surface area contributed by atoms with Crippen molar-refractivity contribution in [1.29, 1.82) is 0 Å². The Labute approximate surface area is 122 Å². The summed E-state index contributed by atoms with van der Waals surface area (Å²) in [5.74, 6) is 0.550. The molecule has 1 aliphatic heterocycles. The summed E-state index contributed by atoms with van der Waals surface area (Å²) >= 11 is 3.39. The molecular weight excluding hydrogens is 306 g/mol. The molecule has 19 heavy (non-hydrogen) atoms. The van der Waals surface area contributed by atoms with Crippen LogP contribution in [0.1, 0.15) is 30.1 Å². The lowest BCUT2D eigenvalue weighted by atomic mass is 9.92. The van der Waals surface area contributed by atoms with Crippen molar-refractivity contribution in [3.63, 3.8) is 0 Å². The third kappa shape index (κ3) is 4.13. The lowest BCUT2D eigenvalue weighted by molar-refractivity contribution is 0.0664. The highest BCUT2D eigenvalue weighted by molar-refractivity contribution is 9.10. The van der Waals surface area contributed by atoms with Crippen molar-refractivity contribution >= 4 is 21.7 Å². The van der Waals surface area contributed by atoms with Gasteiger partial charge < -0.3 is 5.11 Å². The summed E-state index contributed by atoms with van der Waals surface area (Å²) in [4.78, 5) is 14.4. The van der Waals surface area contributed by atoms with Crippen LogP contribution in [0.15, 0.2) is 28.7 Å². The fraction of sp³-hybridized carbons (Fsp3) is 0.533. The molecule has 1 saturated heterocycles. The average molecular weight is 326 g/mol. The molecule has 1 fully saturated rings. The number of halogens is 1. The van der Waals surface area contributed by atoms with Crippen LogP contribution in [-0.4, -0.2) is 41.5 Å². The van der Waals surface area contributed by atoms with Crippen molar-refractivity contribution in [3.05, 3.63) is 34.3 Å². The van der Waals surface area contributed by atoms with Crippen molar-refractivity contribution < 1.29 is 9.90 Å². The molecule has 104 valence electrons. The zero-order valence-corrected chi connectivity index (χ0v) is 12.8. The van der Waals surface area contributed by atoms with E-state index in [1.807, 2.05) is 31.2 Å². The van der Waals surface area contributed by atoms with Crippen molar-refractivity contribution in [2.75, 3.05) is 19.6 Å². The number of ketones is 1. The Morgan fingerprint density at radius 2 is 2.16 bits per heavy atom. The molecule has 1 heterocycles. The third-order valence-electron chi connectivity index (χ3n) is 3.83. The summed E-state index contributed by atoms with van der Waals surface area (Å²) in [7, 11) is 0. The Morgan fingerprint density at radius 1 is 1.47 bits per heavy atom. The van der Waals surface area contributed by atoms with Crippen molar-refractivity contribution in [1.82, 2.24) is 4.90 Å². The minimum absolute atomic E-state index is 0.164. The highest BCUT2D eigenvalue weighted by Crippen LogP contribution is 2.21. The standard InChI is InChI=1S/C15H20BrNO2/c1-11(18)12-5-7-17(8-6-12)10-15(19)13-3-2-4-14(16)9-13/h2-4,9,11-12,18H,5-8,10H2,1H3. The van der Waals surface area contributed by atoms with Crippen molar-refractivity contribution in [2.45, 2.75) is 25.9 Å². The van der Waals surface area contributed by atoms with Gasteiger partial charge in [-0.05, 0) is 50.9 Å². The van der Waals surface area contributed by atoms with E-state index in [0.717, 1.165) is 36.0 Å². The normalized spacial score (nSPS) is 19.3. The van der Waals surface area contributed by atoms with Gasteiger partial charge in [-0.1, -0.05) is 28.1 Å². The van der Waals surface area contributed by atoms with E-state index in [2.05, 4.69) is 20.8 Å². The van der Waals surface area contributed by atoms with Gasteiger partial charge in [-0.2, -0.15) is 0 Å². The van der Waals surface area contributed by atoms with Crippen LogP contribution in [0.4, 0.5) is 0 Å². The number of Topliss-reactive ketones (excluding diaryl/α,β-unsaturated/α-hetero) is 1. The van der Waals surface area contributed by atoms with Gasteiger partial charge >= 0.3 is 0 Å². The minimum Gasteiger partial charge on any atom is -0.393 e. The van der Waals surface area contributed by atoms with Crippen LogP contribution in [0.5, 0.6) is 0 Å². The molecule has 3 nitrogen and oxygen atoms in total. The Balaban J connectivity index is 1.87. The zero-order chi connectivity index (χ0) is 13.8. The van der Waals surface area contributed by atoms with Crippen molar-refractivity contribution in [3.8, 4) is 0 Å². The molecule has 1 N–H and O–H groups in total. The molecule has 0 aromatic heterocycles. The number of hydrogen-bond acceptors (Lipinski definition) is 3. The number of rotatable bonds is 4. The van der Waals surface area contributed by atoms with E-state index in [9.17, 15) is 9.90 Å². The van der Waals surface area contributed by atoms with Gasteiger partial charge in [0.05, 0.1) is 12.6 Å². The summed E-state index contributed by atoms with van der Waals surface area (Å²) in [5, 5.41) is 9.56. The number of carbonyl (C=O) groups excluding carboxylic acids is 1. The lowest BCUT2D eigenvalue weighted by Gasteiger charge is -2.32. The van der Waals surface area contributed by atoms with E-state index in [0.29, 0.717) is 12.5 Å². The predicted molar refractivity (Wildman–Crippen MR) is 79.3 cm³/mol. The van der Waals surface area contributed by atoms with Gasteiger partial charge in [-0.15, -0.1) is 0 Å². The number of aliphatic hydroxyl groups excluding tert-OH is 1. The van der Waals surface area contributed by atoms with Gasteiger partial charge in [-0.25, -0.2) is 0 Å². The molecule has 1 unspecified atom stereocenters. The SMILES string of the molecule is CC(O)C1CCN(CC(=O)c2cccc(Br)c2)CC1. The number of benzene rings is 1. The molecule has 4 heteroatoms. The first-order valence-electron chi connectivity index (χ1n) is 6.75.